The summed E-state index contributed by atoms with van der Waals surface area (Å²) in [5.74, 6) is 1.68. The van der Waals surface area contributed by atoms with E-state index in [0.717, 1.165) is 47.1 Å². The van der Waals surface area contributed by atoms with Crippen LogP contribution in [0.4, 0.5) is 0 Å². The van der Waals surface area contributed by atoms with Crippen LogP contribution in [-0.2, 0) is 19.6 Å². The van der Waals surface area contributed by atoms with Gasteiger partial charge in [-0.25, -0.2) is 4.98 Å². The maximum absolute atomic E-state index is 12.8. The van der Waals surface area contributed by atoms with Gasteiger partial charge in [0.2, 0.25) is 6.79 Å². The molecule has 1 N–H and O–H groups in total. The summed E-state index contributed by atoms with van der Waals surface area (Å²) in [6.45, 7) is 2.94. The van der Waals surface area contributed by atoms with Crippen LogP contribution in [0.3, 0.4) is 0 Å². The monoisotopic (exact) mass is 575 g/mol. The first-order valence-corrected chi connectivity index (χ1v) is 15.1. The zero-order valence-electron chi connectivity index (χ0n) is 23.3. The standard InChI is InChI=1S/C35H33N3O3S/c39-35(36-21-26-10-4-1-5-11-26)31-24-42-34(37-31)23-38(22-27-16-17-32-33(20-27)41-25-40-32)19-18-30(28-12-6-2-7-13-28)29-14-8-3-9-15-29/h1-17,20,24,30H,18-19,21-23,25H2,(H,36,39). The van der Waals surface area contributed by atoms with Gasteiger partial charge in [-0.3, -0.25) is 9.69 Å². The molecule has 6 rings (SSSR count). The molecule has 5 aromatic rings. The van der Waals surface area contributed by atoms with Gasteiger partial charge >= 0.3 is 0 Å². The Morgan fingerprint density at radius 1 is 0.810 bits per heavy atom. The Kier molecular flexibility index (Phi) is 8.88. The zero-order valence-corrected chi connectivity index (χ0v) is 24.1. The van der Waals surface area contributed by atoms with Crippen LogP contribution >= 0.6 is 11.3 Å². The second-order valence-electron chi connectivity index (χ2n) is 10.4. The number of benzene rings is 4. The summed E-state index contributed by atoms with van der Waals surface area (Å²) in [5.41, 5.74) is 5.27. The number of fused-ring (bicyclic) bond motifs is 1. The predicted molar refractivity (Wildman–Crippen MR) is 166 cm³/mol. The van der Waals surface area contributed by atoms with Crippen LogP contribution in [0.2, 0.25) is 0 Å². The Labute approximate surface area is 250 Å². The number of nitrogens with zero attached hydrogens (tertiary/aromatic N) is 2. The van der Waals surface area contributed by atoms with Crippen LogP contribution < -0.4 is 14.8 Å². The third-order valence-electron chi connectivity index (χ3n) is 7.42. The molecule has 6 nitrogen and oxygen atoms in total. The van der Waals surface area contributed by atoms with Crippen LogP contribution in [-0.4, -0.2) is 29.1 Å². The number of rotatable bonds is 12. The van der Waals surface area contributed by atoms with Crippen LogP contribution in [0.15, 0.2) is 115 Å². The molecule has 1 aliphatic heterocycles. The summed E-state index contributed by atoms with van der Waals surface area (Å²) in [7, 11) is 0. The second-order valence-corrected chi connectivity index (χ2v) is 11.3. The van der Waals surface area contributed by atoms with Gasteiger partial charge in [0.05, 0.1) is 6.54 Å². The maximum atomic E-state index is 12.8. The van der Waals surface area contributed by atoms with Crippen molar-refractivity contribution in [1.29, 1.82) is 0 Å². The number of thiazole rings is 1. The molecule has 0 aliphatic carbocycles. The lowest BCUT2D eigenvalue weighted by Crippen LogP contribution is -2.26. The average Bonchev–Trinajstić information content (AvgIpc) is 3.71. The van der Waals surface area contributed by atoms with E-state index < -0.39 is 0 Å². The highest BCUT2D eigenvalue weighted by molar-refractivity contribution is 7.09. The molecule has 0 saturated carbocycles. The molecule has 2 heterocycles. The summed E-state index contributed by atoms with van der Waals surface area (Å²) < 4.78 is 11.2. The first-order valence-electron chi connectivity index (χ1n) is 14.2. The van der Waals surface area contributed by atoms with Crippen molar-refractivity contribution in [2.75, 3.05) is 13.3 Å². The minimum atomic E-state index is -0.156. The molecule has 0 unspecified atom stereocenters. The van der Waals surface area contributed by atoms with Crippen molar-refractivity contribution in [3.8, 4) is 11.5 Å². The normalized spacial score (nSPS) is 12.1. The van der Waals surface area contributed by atoms with E-state index in [1.54, 1.807) is 0 Å². The fourth-order valence-corrected chi connectivity index (χ4v) is 6.08. The SMILES string of the molecule is O=C(NCc1ccccc1)c1csc(CN(CCC(c2ccccc2)c2ccccc2)Cc2ccc3c(c2)OCO3)n1. The smallest absolute Gasteiger partial charge is 0.271 e. The van der Waals surface area contributed by atoms with Gasteiger partial charge in [0, 0.05) is 24.4 Å². The number of aromatic nitrogens is 1. The zero-order chi connectivity index (χ0) is 28.6. The Hall–Kier alpha value is -4.46. The fraction of sp³-hybridized carbons (Fsp3) is 0.200. The molecule has 0 fully saturated rings. The van der Waals surface area contributed by atoms with Crippen LogP contribution in [0.5, 0.6) is 11.5 Å². The molecule has 4 aromatic carbocycles. The highest BCUT2D eigenvalue weighted by Crippen LogP contribution is 2.33. The van der Waals surface area contributed by atoms with Crippen LogP contribution in [0.25, 0.3) is 0 Å². The van der Waals surface area contributed by atoms with Crippen molar-refractivity contribution < 1.29 is 14.3 Å². The highest BCUT2D eigenvalue weighted by Gasteiger charge is 2.20. The van der Waals surface area contributed by atoms with Gasteiger partial charge in [-0.15, -0.1) is 11.3 Å². The fourth-order valence-electron chi connectivity index (χ4n) is 5.27. The number of hydrogen-bond donors (Lipinski definition) is 1. The lowest BCUT2D eigenvalue weighted by Gasteiger charge is -2.25. The van der Waals surface area contributed by atoms with Gasteiger partial charge in [-0.05, 0) is 47.4 Å². The molecular formula is C35H33N3O3S. The summed E-state index contributed by atoms with van der Waals surface area (Å²) >= 11 is 1.53. The molecule has 0 spiro atoms. The van der Waals surface area contributed by atoms with Crippen molar-refractivity contribution in [2.24, 2.45) is 0 Å². The van der Waals surface area contributed by atoms with E-state index in [0.29, 0.717) is 18.8 Å². The van der Waals surface area contributed by atoms with E-state index in [1.807, 2.05) is 41.8 Å². The molecule has 0 radical (unpaired) electrons. The number of amides is 1. The van der Waals surface area contributed by atoms with E-state index >= 15 is 0 Å². The van der Waals surface area contributed by atoms with E-state index in [1.165, 1.54) is 22.5 Å². The lowest BCUT2D eigenvalue weighted by atomic mass is 9.88. The van der Waals surface area contributed by atoms with Gasteiger partial charge in [0.25, 0.3) is 5.91 Å². The van der Waals surface area contributed by atoms with E-state index in [2.05, 4.69) is 83.0 Å². The minimum Gasteiger partial charge on any atom is -0.454 e. The third kappa shape index (κ3) is 7.05. The minimum absolute atomic E-state index is 0.156. The van der Waals surface area contributed by atoms with Crippen molar-refractivity contribution >= 4 is 17.2 Å². The second kappa shape index (κ2) is 13.5. The highest BCUT2D eigenvalue weighted by atomic mass is 32.1. The third-order valence-corrected chi connectivity index (χ3v) is 8.25. The van der Waals surface area contributed by atoms with Crippen LogP contribution in [0.1, 0.15) is 50.1 Å². The number of ether oxygens (including phenoxy) is 2. The van der Waals surface area contributed by atoms with Crippen molar-refractivity contribution in [3.05, 3.63) is 148 Å². The number of carbonyl (C=O) groups is 1. The lowest BCUT2D eigenvalue weighted by molar-refractivity contribution is 0.0946. The number of hydrogen-bond acceptors (Lipinski definition) is 6. The van der Waals surface area contributed by atoms with Crippen LogP contribution in [0, 0.1) is 0 Å². The summed E-state index contributed by atoms with van der Waals surface area (Å²) in [5, 5.41) is 5.75. The molecule has 0 atom stereocenters. The molecule has 1 amide bonds. The first kappa shape index (κ1) is 27.7. The Bertz CT molecular complexity index is 1550. The Morgan fingerprint density at radius 2 is 1.48 bits per heavy atom. The van der Waals surface area contributed by atoms with Gasteiger partial charge in [0.15, 0.2) is 11.5 Å². The average molecular weight is 576 g/mol. The topological polar surface area (TPSA) is 63.7 Å². The molecule has 42 heavy (non-hydrogen) atoms. The molecule has 0 saturated heterocycles. The predicted octanol–water partition coefficient (Wildman–Crippen LogP) is 7.03. The Balaban J connectivity index is 1.18. The number of nitrogens with one attached hydrogen (secondary N) is 1. The summed E-state index contributed by atoms with van der Waals surface area (Å²) in [6.07, 6.45) is 0.939. The molecular weight excluding hydrogens is 542 g/mol. The van der Waals surface area contributed by atoms with E-state index in [9.17, 15) is 4.79 Å². The Morgan fingerprint density at radius 3 is 2.19 bits per heavy atom. The molecule has 1 aromatic heterocycles. The van der Waals surface area contributed by atoms with Gasteiger partial charge in [0.1, 0.15) is 10.7 Å². The van der Waals surface area contributed by atoms with Crippen molar-refractivity contribution in [3.63, 3.8) is 0 Å². The molecule has 7 heteroatoms. The van der Waals surface area contributed by atoms with E-state index in [4.69, 9.17) is 14.5 Å². The van der Waals surface area contributed by atoms with Crippen molar-refractivity contribution in [1.82, 2.24) is 15.2 Å². The molecule has 212 valence electrons. The van der Waals surface area contributed by atoms with E-state index in [-0.39, 0.29) is 18.6 Å². The van der Waals surface area contributed by atoms with Gasteiger partial charge in [-0.1, -0.05) is 97.1 Å². The first-order chi connectivity index (χ1) is 20.7. The number of carbonyl (C=O) groups excluding carboxylic acids is 1. The quantitative estimate of drug-likeness (QED) is 0.173. The molecule has 0 bridgehead atoms. The maximum Gasteiger partial charge on any atom is 0.271 e. The summed E-state index contributed by atoms with van der Waals surface area (Å²) in [6, 6.07) is 37.4. The van der Waals surface area contributed by atoms with Gasteiger partial charge in [-0.2, -0.15) is 0 Å². The van der Waals surface area contributed by atoms with Crippen molar-refractivity contribution in [2.45, 2.75) is 32.0 Å². The van der Waals surface area contributed by atoms with Gasteiger partial charge < -0.3 is 14.8 Å². The summed E-state index contributed by atoms with van der Waals surface area (Å²) in [4.78, 5) is 20.0. The molecule has 1 aliphatic rings. The largest absolute Gasteiger partial charge is 0.454 e.